The van der Waals surface area contributed by atoms with Gasteiger partial charge in [0.1, 0.15) is 5.75 Å². The van der Waals surface area contributed by atoms with Crippen molar-refractivity contribution in [2.75, 3.05) is 23.9 Å². The van der Waals surface area contributed by atoms with Crippen LogP contribution in [-0.2, 0) is 0 Å². The third-order valence-corrected chi connectivity index (χ3v) is 5.83. The van der Waals surface area contributed by atoms with Gasteiger partial charge in [-0.2, -0.15) is 5.10 Å². The van der Waals surface area contributed by atoms with E-state index >= 15 is 0 Å². The van der Waals surface area contributed by atoms with Crippen molar-refractivity contribution in [2.45, 2.75) is 38.8 Å². The summed E-state index contributed by atoms with van der Waals surface area (Å²) in [5, 5.41) is 20.6. The maximum atomic E-state index is 13.1. The van der Waals surface area contributed by atoms with Crippen LogP contribution in [0.5, 0.6) is 5.75 Å². The molecule has 0 aliphatic carbocycles. The molecule has 1 aliphatic rings. The number of rotatable bonds is 6. The highest BCUT2D eigenvalue weighted by atomic mass is 16.5. The molecule has 1 amide bonds. The standard InChI is InChI=1S/C24H28N4O3/c1-14(2)28-13-21(15(3)29)19-11-16(12-20(23(19)28)22-9-10-25-27-22)24(30)26-17-5-7-18(31-4)8-6-17/h5-12,14-15,21,29H,13H2,1-4H3,(H,25,27)(H,26,30). The van der Waals surface area contributed by atoms with Crippen LogP contribution < -0.4 is 15.0 Å². The Morgan fingerprint density at radius 2 is 1.97 bits per heavy atom. The Labute approximate surface area is 182 Å². The first-order chi connectivity index (χ1) is 14.9. The van der Waals surface area contributed by atoms with Gasteiger partial charge in [0.2, 0.25) is 0 Å². The quantitative estimate of drug-likeness (QED) is 0.560. The summed E-state index contributed by atoms with van der Waals surface area (Å²) in [6.45, 7) is 6.78. The average molecular weight is 421 g/mol. The molecule has 0 saturated carbocycles. The Kier molecular flexibility index (Phi) is 5.69. The number of aliphatic hydroxyl groups excluding tert-OH is 1. The van der Waals surface area contributed by atoms with E-state index < -0.39 is 6.10 Å². The predicted molar refractivity (Wildman–Crippen MR) is 122 cm³/mol. The third-order valence-electron chi connectivity index (χ3n) is 5.83. The number of methoxy groups -OCH3 is 1. The summed E-state index contributed by atoms with van der Waals surface area (Å²) in [7, 11) is 1.61. The molecule has 2 unspecified atom stereocenters. The van der Waals surface area contributed by atoms with E-state index in [0.29, 0.717) is 17.8 Å². The second kappa shape index (κ2) is 8.43. The molecule has 0 radical (unpaired) electrons. The van der Waals surface area contributed by atoms with E-state index in [-0.39, 0.29) is 17.9 Å². The van der Waals surface area contributed by atoms with Crippen LogP contribution in [0.4, 0.5) is 11.4 Å². The lowest BCUT2D eigenvalue weighted by Crippen LogP contribution is -2.31. The second-order valence-corrected chi connectivity index (χ2v) is 8.21. The van der Waals surface area contributed by atoms with Gasteiger partial charge in [-0.1, -0.05) is 0 Å². The Balaban J connectivity index is 1.78. The number of fused-ring (bicyclic) bond motifs is 1. The van der Waals surface area contributed by atoms with Crippen molar-refractivity contribution in [1.82, 2.24) is 10.2 Å². The molecule has 0 bridgehead atoms. The van der Waals surface area contributed by atoms with Crippen molar-refractivity contribution < 1.29 is 14.6 Å². The molecule has 0 spiro atoms. The van der Waals surface area contributed by atoms with Crippen LogP contribution in [0.1, 0.15) is 42.6 Å². The number of benzene rings is 2. The molecule has 7 heteroatoms. The van der Waals surface area contributed by atoms with E-state index in [0.717, 1.165) is 28.3 Å². The van der Waals surface area contributed by atoms with Gasteiger partial charge in [0.25, 0.3) is 5.91 Å². The fraction of sp³-hybridized carbons (Fsp3) is 0.333. The summed E-state index contributed by atoms with van der Waals surface area (Å²) >= 11 is 0. The molecular formula is C24H28N4O3. The van der Waals surface area contributed by atoms with Crippen molar-refractivity contribution in [3.63, 3.8) is 0 Å². The fourth-order valence-corrected chi connectivity index (χ4v) is 4.16. The molecule has 2 aromatic carbocycles. The molecule has 31 heavy (non-hydrogen) atoms. The maximum absolute atomic E-state index is 13.1. The number of hydrogen-bond donors (Lipinski definition) is 3. The van der Waals surface area contributed by atoms with Gasteiger partial charge in [-0.25, -0.2) is 0 Å². The minimum absolute atomic E-state index is 0.0761. The van der Waals surface area contributed by atoms with Crippen LogP contribution >= 0.6 is 0 Å². The molecule has 162 valence electrons. The lowest BCUT2D eigenvalue weighted by molar-refractivity contribution is 0.102. The highest BCUT2D eigenvalue weighted by Gasteiger charge is 2.36. The molecule has 1 aromatic heterocycles. The SMILES string of the molecule is COc1ccc(NC(=O)c2cc(-c3ccn[nH]3)c3c(c2)C(C(C)O)CN3C(C)C)cc1. The number of aliphatic hydroxyl groups is 1. The topological polar surface area (TPSA) is 90.5 Å². The van der Waals surface area contributed by atoms with E-state index in [1.807, 2.05) is 18.2 Å². The molecule has 7 nitrogen and oxygen atoms in total. The van der Waals surface area contributed by atoms with Crippen molar-refractivity contribution in [2.24, 2.45) is 0 Å². The smallest absolute Gasteiger partial charge is 0.255 e. The highest BCUT2D eigenvalue weighted by molar-refractivity contribution is 6.06. The van der Waals surface area contributed by atoms with Crippen molar-refractivity contribution in [3.8, 4) is 17.0 Å². The van der Waals surface area contributed by atoms with Crippen molar-refractivity contribution >= 4 is 17.3 Å². The number of ether oxygens (including phenoxy) is 1. The molecular weight excluding hydrogens is 392 g/mol. The maximum Gasteiger partial charge on any atom is 0.255 e. The fourth-order valence-electron chi connectivity index (χ4n) is 4.16. The lowest BCUT2D eigenvalue weighted by Gasteiger charge is -2.26. The number of aromatic amines is 1. The van der Waals surface area contributed by atoms with Crippen molar-refractivity contribution in [1.29, 1.82) is 0 Å². The van der Waals surface area contributed by atoms with Gasteiger partial charge in [-0.05, 0) is 68.8 Å². The number of nitrogens with zero attached hydrogens (tertiary/aromatic N) is 2. The summed E-state index contributed by atoms with van der Waals surface area (Å²) in [6, 6.07) is 13.2. The average Bonchev–Trinajstić information content (AvgIpc) is 3.42. The molecule has 2 atom stereocenters. The molecule has 1 aliphatic heterocycles. The largest absolute Gasteiger partial charge is 0.497 e. The highest BCUT2D eigenvalue weighted by Crippen LogP contribution is 2.45. The van der Waals surface area contributed by atoms with Crippen LogP contribution in [0, 0.1) is 0 Å². The Hall–Kier alpha value is -3.32. The van der Waals surface area contributed by atoms with E-state index in [4.69, 9.17) is 4.74 Å². The number of aromatic nitrogens is 2. The zero-order chi connectivity index (χ0) is 22.1. The molecule has 3 aromatic rings. The summed E-state index contributed by atoms with van der Waals surface area (Å²) in [5.74, 6) is 0.444. The van der Waals surface area contributed by atoms with Crippen molar-refractivity contribution in [3.05, 3.63) is 59.8 Å². The number of carbonyl (C=O) groups excluding carboxylic acids is 1. The van der Waals surface area contributed by atoms with Crippen LogP contribution in [-0.4, -0.2) is 47.0 Å². The number of carbonyl (C=O) groups is 1. The molecule has 0 fully saturated rings. The molecule has 3 N–H and O–H groups in total. The van der Waals surface area contributed by atoms with Gasteiger partial charge in [0.05, 0.1) is 24.6 Å². The monoisotopic (exact) mass is 420 g/mol. The second-order valence-electron chi connectivity index (χ2n) is 8.21. The first kappa shape index (κ1) is 20.9. The zero-order valence-electron chi connectivity index (χ0n) is 18.2. The Morgan fingerprint density at radius 3 is 2.55 bits per heavy atom. The molecule has 4 rings (SSSR count). The van der Waals surface area contributed by atoms with E-state index in [1.165, 1.54) is 0 Å². The van der Waals surface area contributed by atoms with Crippen LogP contribution in [0.2, 0.25) is 0 Å². The van der Waals surface area contributed by atoms with Gasteiger partial charge < -0.3 is 20.1 Å². The number of hydrogen-bond acceptors (Lipinski definition) is 5. The summed E-state index contributed by atoms with van der Waals surface area (Å²) in [5.41, 5.74) is 5.00. The number of anilines is 2. The summed E-state index contributed by atoms with van der Waals surface area (Å²) < 4.78 is 5.18. The van der Waals surface area contributed by atoms with Gasteiger partial charge in [0.15, 0.2) is 0 Å². The lowest BCUT2D eigenvalue weighted by atomic mass is 9.92. The minimum Gasteiger partial charge on any atom is -0.497 e. The van der Waals surface area contributed by atoms with Gasteiger partial charge in [0, 0.05) is 41.5 Å². The normalized spacial score (nSPS) is 16.3. The van der Waals surface area contributed by atoms with E-state index in [9.17, 15) is 9.90 Å². The Bertz CT molecular complexity index is 1060. The van der Waals surface area contributed by atoms with Crippen LogP contribution in [0.15, 0.2) is 48.7 Å². The van der Waals surface area contributed by atoms with Crippen LogP contribution in [0.3, 0.4) is 0 Å². The minimum atomic E-state index is -0.531. The zero-order valence-corrected chi connectivity index (χ0v) is 18.2. The Morgan fingerprint density at radius 1 is 1.23 bits per heavy atom. The first-order valence-corrected chi connectivity index (χ1v) is 10.5. The molecule has 0 saturated heterocycles. The van der Waals surface area contributed by atoms with E-state index in [1.54, 1.807) is 44.5 Å². The van der Waals surface area contributed by atoms with Crippen LogP contribution in [0.25, 0.3) is 11.3 Å². The number of H-pyrrole nitrogens is 1. The number of nitrogens with one attached hydrogen (secondary N) is 2. The van der Waals surface area contributed by atoms with Gasteiger partial charge in [-0.15, -0.1) is 0 Å². The summed E-state index contributed by atoms with van der Waals surface area (Å²) in [6.07, 6.45) is 1.17. The molecule has 2 heterocycles. The van der Waals surface area contributed by atoms with Gasteiger partial charge >= 0.3 is 0 Å². The number of amides is 1. The van der Waals surface area contributed by atoms with E-state index in [2.05, 4.69) is 34.3 Å². The predicted octanol–water partition coefficient (Wildman–Crippen LogP) is 4.03. The third kappa shape index (κ3) is 4.01. The first-order valence-electron chi connectivity index (χ1n) is 10.5. The summed E-state index contributed by atoms with van der Waals surface area (Å²) in [4.78, 5) is 15.4. The van der Waals surface area contributed by atoms with Gasteiger partial charge in [-0.3, -0.25) is 9.89 Å².